The van der Waals surface area contributed by atoms with E-state index in [1.54, 1.807) is 30.5 Å². The highest BCUT2D eigenvalue weighted by Crippen LogP contribution is 2.39. The van der Waals surface area contributed by atoms with Crippen molar-refractivity contribution in [3.63, 3.8) is 0 Å². The molecule has 2 aromatic carbocycles. The molecule has 4 heterocycles. The van der Waals surface area contributed by atoms with E-state index in [9.17, 15) is 17.7 Å². The van der Waals surface area contributed by atoms with Crippen LogP contribution in [-0.4, -0.2) is 103 Å². The van der Waals surface area contributed by atoms with Crippen LogP contribution in [0.4, 0.5) is 5.69 Å². The van der Waals surface area contributed by atoms with Crippen LogP contribution in [-0.2, 0) is 20.6 Å². The summed E-state index contributed by atoms with van der Waals surface area (Å²) in [5.74, 6) is 0.681. The van der Waals surface area contributed by atoms with Crippen molar-refractivity contribution in [2.24, 2.45) is 0 Å². The number of aliphatic hydroxyl groups is 1. The zero-order valence-corrected chi connectivity index (χ0v) is 37.3. The van der Waals surface area contributed by atoms with Crippen molar-refractivity contribution in [2.45, 2.75) is 168 Å². The molecule has 3 saturated heterocycles. The van der Waals surface area contributed by atoms with Crippen LogP contribution in [0.25, 0.3) is 10.9 Å². The molecule has 2 atom stereocenters. The Bertz CT molecular complexity index is 1820. The Hall–Kier alpha value is -2.57. The van der Waals surface area contributed by atoms with Crippen LogP contribution >= 0.6 is 0 Å². The number of hydrogen-bond donors (Lipinski definition) is 1. The maximum Gasteiger partial charge on any atom is 0.210 e. The number of anilines is 1. The third-order valence-electron chi connectivity index (χ3n) is 13.0. The summed E-state index contributed by atoms with van der Waals surface area (Å²) in [5.41, 5.74) is 1.36. The Morgan fingerprint density at radius 1 is 0.741 bits per heavy atom. The average Bonchev–Trinajstić information content (AvgIpc) is 3.24. The summed E-state index contributed by atoms with van der Waals surface area (Å²) >= 11 is 0. The normalized spacial score (nSPS) is 19.8. The van der Waals surface area contributed by atoms with Gasteiger partial charge in [0.2, 0.25) is 9.84 Å². The van der Waals surface area contributed by atoms with Gasteiger partial charge in [-0.25, -0.2) is 8.42 Å². The number of piperidine rings is 3. The van der Waals surface area contributed by atoms with Gasteiger partial charge in [0.25, 0.3) is 0 Å². The molecule has 322 valence electrons. The van der Waals surface area contributed by atoms with Crippen molar-refractivity contribution in [2.75, 3.05) is 57.0 Å². The van der Waals surface area contributed by atoms with Crippen LogP contribution in [0.5, 0.6) is 5.75 Å². The van der Waals surface area contributed by atoms with Crippen LogP contribution in [0.3, 0.4) is 0 Å². The van der Waals surface area contributed by atoms with Gasteiger partial charge >= 0.3 is 0 Å². The molecule has 1 N–H and O–H groups in total. The SMILES string of the molecule is CCCCCCCCCCCCCCCCOc1ccc(S(=O)(=O)c2cnc3ccc(S(C)=O)cc3c2N2CCC(N3CCC(N4CCCC(O)C4)CC3)CC2)cc1. The maximum absolute atomic E-state index is 14.5. The van der Waals surface area contributed by atoms with E-state index in [1.165, 1.54) is 83.2 Å². The van der Waals surface area contributed by atoms with Gasteiger partial charge < -0.3 is 19.6 Å². The second kappa shape index (κ2) is 22.9. The van der Waals surface area contributed by atoms with Crippen LogP contribution < -0.4 is 9.64 Å². The van der Waals surface area contributed by atoms with E-state index in [0.717, 1.165) is 96.0 Å². The number of aromatic nitrogens is 1. The molecule has 3 fully saturated rings. The number of ether oxygens (including phenoxy) is 1. The third-order valence-corrected chi connectivity index (χ3v) is 15.7. The average molecular weight is 837 g/mol. The molecule has 6 rings (SSSR count). The number of fused-ring (bicyclic) bond motifs is 1. The van der Waals surface area contributed by atoms with E-state index in [1.807, 2.05) is 18.2 Å². The summed E-state index contributed by atoms with van der Waals surface area (Å²) in [6, 6.07) is 13.4. The fourth-order valence-electron chi connectivity index (χ4n) is 9.56. The largest absolute Gasteiger partial charge is 0.494 e. The van der Waals surface area contributed by atoms with Gasteiger partial charge in [-0.1, -0.05) is 90.4 Å². The van der Waals surface area contributed by atoms with Crippen molar-refractivity contribution in [1.82, 2.24) is 14.8 Å². The second-order valence-corrected chi connectivity index (χ2v) is 20.6. The number of sulfone groups is 1. The Balaban J connectivity index is 1.02. The topological polar surface area (TPSA) is 103 Å². The summed E-state index contributed by atoms with van der Waals surface area (Å²) in [6.07, 6.45) is 27.5. The maximum atomic E-state index is 14.5. The lowest BCUT2D eigenvalue weighted by atomic mass is 9.95. The fraction of sp³-hybridized carbons (Fsp3) is 0.681. The van der Waals surface area contributed by atoms with Gasteiger partial charge in [0.1, 0.15) is 10.6 Å². The number of β-amino-alcohol motifs (C(OH)–C–C–N with tert-alkyl or cyclic N) is 1. The lowest BCUT2D eigenvalue weighted by molar-refractivity contribution is 0.0170. The van der Waals surface area contributed by atoms with E-state index in [4.69, 9.17) is 4.74 Å². The third kappa shape index (κ3) is 12.5. The van der Waals surface area contributed by atoms with Crippen molar-refractivity contribution < 1.29 is 22.5 Å². The number of benzene rings is 2. The monoisotopic (exact) mass is 836 g/mol. The smallest absolute Gasteiger partial charge is 0.210 e. The molecular weight excluding hydrogens is 765 g/mol. The molecular formula is C47H72N4O5S2. The number of hydrogen-bond acceptors (Lipinski definition) is 9. The standard InChI is InChI=1S/C47H72N4O5S2/c1-3-4-5-6-7-8-9-10-11-12-13-14-15-16-34-56-41-19-22-43(23-20-41)58(54,55)46-36-48-45-24-21-42(57(2)53)35-44(45)47(46)50-32-27-38(28-33-50)49-30-25-39(26-31-49)51-29-17-18-40(52)37-51/h19-24,35-36,38-40,52H,3-18,25-34,37H2,1-2H3. The molecule has 3 aromatic rings. The summed E-state index contributed by atoms with van der Waals surface area (Å²) in [6.45, 7) is 8.38. The molecule has 2 unspecified atom stereocenters. The molecule has 0 aliphatic carbocycles. The molecule has 0 amide bonds. The number of pyridine rings is 1. The molecule has 1 aromatic heterocycles. The highest BCUT2D eigenvalue weighted by molar-refractivity contribution is 7.91. The minimum atomic E-state index is -3.93. The van der Waals surface area contributed by atoms with Crippen LogP contribution in [0.1, 0.15) is 135 Å². The zero-order chi connectivity index (χ0) is 40.7. The Labute approximate surface area is 352 Å². The molecule has 58 heavy (non-hydrogen) atoms. The lowest BCUT2D eigenvalue weighted by Gasteiger charge is -2.45. The number of rotatable bonds is 22. The second-order valence-electron chi connectivity index (χ2n) is 17.3. The molecule has 9 nitrogen and oxygen atoms in total. The summed E-state index contributed by atoms with van der Waals surface area (Å²) < 4.78 is 47.6. The predicted molar refractivity (Wildman–Crippen MR) is 238 cm³/mol. The van der Waals surface area contributed by atoms with E-state index >= 15 is 0 Å². The molecule has 0 saturated carbocycles. The quantitative estimate of drug-likeness (QED) is 0.0992. The number of aliphatic hydroxyl groups excluding tert-OH is 1. The molecule has 0 spiro atoms. The van der Waals surface area contributed by atoms with Gasteiger partial charge in [0.05, 0.1) is 28.8 Å². The molecule has 3 aliphatic heterocycles. The van der Waals surface area contributed by atoms with Crippen molar-refractivity contribution >= 4 is 37.2 Å². The number of nitrogens with zero attached hydrogens (tertiary/aromatic N) is 4. The Kier molecular flexibility index (Phi) is 17.7. The summed E-state index contributed by atoms with van der Waals surface area (Å²) in [7, 11) is -5.16. The summed E-state index contributed by atoms with van der Waals surface area (Å²) in [4.78, 5) is 13.1. The first-order valence-electron chi connectivity index (χ1n) is 22.9. The van der Waals surface area contributed by atoms with Gasteiger partial charge in [-0.3, -0.25) is 14.1 Å². The highest BCUT2D eigenvalue weighted by atomic mass is 32.2. The minimum Gasteiger partial charge on any atom is -0.494 e. The van der Waals surface area contributed by atoms with Gasteiger partial charge in [-0.15, -0.1) is 0 Å². The van der Waals surface area contributed by atoms with Crippen molar-refractivity contribution in [3.05, 3.63) is 48.7 Å². The minimum absolute atomic E-state index is 0.190. The number of likely N-dealkylation sites (tertiary alicyclic amines) is 2. The van der Waals surface area contributed by atoms with Crippen LogP contribution in [0.15, 0.2) is 63.3 Å². The van der Waals surface area contributed by atoms with Gasteiger partial charge in [-0.05, 0) is 107 Å². The first kappa shape index (κ1) is 45.0. The van der Waals surface area contributed by atoms with E-state index in [0.29, 0.717) is 40.5 Å². The fourth-order valence-corrected chi connectivity index (χ4v) is 11.5. The van der Waals surface area contributed by atoms with E-state index in [2.05, 4.69) is 26.6 Å². The zero-order valence-electron chi connectivity index (χ0n) is 35.6. The highest BCUT2D eigenvalue weighted by Gasteiger charge is 2.34. The van der Waals surface area contributed by atoms with E-state index < -0.39 is 20.6 Å². The first-order valence-corrected chi connectivity index (χ1v) is 25.9. The van der Waals surface area contributed by atoms with Crippen molar-refractivity contribution in [1.29, 1.82) is 0 Å². The van der Waals surface area contributed by atoms with Crippen LogP contribution in [0.2, 0.25) is 0 Å². The van der Waals surface area contributed by atoms with Gasteiger partial charge in [0, 0.05) is 65.3 Å². The molecule has 3 aliphatic rings. The predicted octanol–water partition coefficient (Wildman–Crippen LogP) is 9.56. The van der Waals surface area contributed by atoms with E-state index in [-0.39, 0.29) is 15.9 Å². The van der Waals surface area contributed by atoms with Gasteiger partial charge in [-0.2, -0.15) is 0 Å². The Morgan fingerprint density at radius 3 is 1.93 bits per heavy atom. The van der Waals surface area contributed by atoms with Crippen LogP contribution in [0, 0.1) is 0 Å². The Morgan fingerprint density at radius 2 is 1.33 bits per heavy atom. The van der Waals surface area contributed by atoms with Crippen molar-refractivity contribution in [3.8, 4) is 5.75 Å². The molecule has 0 bridgehead atoms. The lowest BCUT2D eigenvalue weighted by Crippen LogP contribution is -2.53. The number of unbranched alkanes of at least 4 members (excludes halogenated alkanes) is 13. The molecule has 0 radical (unpaired) electrons. The van der Waals surface area contributed by atoms with Gasteiger partial charge in [0.15, 0.2) is 0 Å². The summed E-state index contributed by atoms with van der Waals surface area (Å²) in [5, 5.41) is 10.9. The molecule has 11 heteroatoms. The first-order chi connectivity index (χ1) is 28.2.